The first-order valence-electron chi connectivity index (χ1n) is 21.4. The number of aromatic nitrogens is 2. The van der Waals surface area contributed by atoms with E-state index in [1.54, 1.807) is 38.5 Å². The van der Waals surface area contributed by atoms with Crippen LogP contribution in [0.1, 0.15) is 58.0 Å². The number of imidazole rings is 1. The smallest absolute Gasteiger partial charge is 0.410 e. The number of urea groups is 1. The van der Waals surface area contributed by atoms with Gasteiger partial charge in [-0.2, -0.15) is 0 Å². The van der Waals surface area contributed by atoms with Crippen LogP contribution in [0.15, 0.2) is 66.9 Å². The van der Waals surface area contributed by atoms with Gasteiger partial charge in [-0.25, -0.2) is 32.5 Å². The molecule has 16 nitrogen and oxygen atoms in total. The fourth-order valence-corrected chi connectivity index (χ4v) is 7.81. The maximum Gasteiger partial charge on any atom is 0.410 e. The van der Waals surface area contributed by atoms with Gasteiger partial charge in [0.2, 0.25) is 0 Å². The molecule has 19 heteroatoms. The van der Waals surface area contributed by atoms with Crippen LogP contribution in [0.3, 0.4) is 0 Å². The van der Waals surface area contributed by atoms with E-state index in [-0.39, 0.29) is 76.3 Å². The molecule has 0 radical (unpaired) electrons. The van der Waals surface area contributed by atoms with Gasteiger partial charge >= 0.3 is 18.2 Å². The predicted octanol–water partition coefficient (Wildman–Crippen LogP) is 5.62. The Morgan fingerprint density at radius 2 is 1.72 bits per heavy atom. The number of benzene rings is 2. The standard InChI is InChI=1S/C45H56F3N7O9/c1-29(28-63-43(59)49-16-20-62-21-17-54-38(56)12-13-39(54)57)50-42(58)55(25-32-24-53(26-36(32)48)44(60)64-45(2,3)4)40(31-14-18-61-19-15-31)41-51-37(34-22-33(46)10-11-35(34)47)27-52(41)23-30-8-6-5-7-9-30/h5-13,22,27,29,31-32,36,40H,14-21,23-26,28H2,1-4H3,(H,49,59)(H,50,58)/t29-,32?,36?,40?/m0/s1. The summed E-state index contributed by atoms with van der Waals surface area (Å²) in [4.78, 5) is 72.7. The van der Waals surface area contributed by atoms with E-state index in [0.29, 0.717) is 31.9 Å². The van der Waals surface area contributed by atoms with Crippen LogP contribution in [-0.4, -0.2) is 138 Å². The second-order valence-corrected chi connectivity index (χ2v) is 17.1. The number of nitrogens with one attached hydrogen (secondary N) is 2. The van der Waals surface area contributed by atoms with Crippen LogP contribution in [0.25, 0.3) is 11.3 Å². The van der Waals surface area contributed by atoms with Crippen LogP contribution >= 0.6 is 0 Å². The van der Waals surface area contributed by atoms with Crippen LogP contribution in [0, 0.1) is 23.5 Å². The summed E-state index contributed by atoms with van der Waals surface area (Å²) in [6.45, 7) is 7.28. The van der Waals surface area contributed by atoms with Crippen LogP contribution < -0.4 is 10.6 Å². The van der Waals surface area contributed by atoms with Crippen molar-refractivity contribution in [2.24, 2.45) is 11.8 Å². The average molecular weight is 896 g/mol. The first-order chi connectivity index (χ1) is 30.6. The monoisotopic (exact) mass is 895 g/mol. The number of imide groups is 1. The minimum atomic E-state index is -1.53. The van der Waals surface area contributed by atoms with Gasteiger partial charge < -0.3 is 43.9 Å². The average Bonchev–Trinajstić information content (AvgIpc) is 3.94. The topological polar surface area (TPSA) is 174 Å². The number of alkyl halides is 1. The minimum Gasteiger partial charge on any atom is -0.447 e. The molecule has 3 unspecified atom stereocenters. The maximum atomic E-state index is 16.2. The van der Waals surface area contributed by atoms with E-state index >= 15 is 8.78 Å². The Labute approximate surface area is 370 Å². The first-order valence-corrected chi connectivity index (χ1v) is 21.4. The predicted molar refractivity (Wildman–Crippen MR) is 226 cm³/mol. The number of hydrogen-bond donors (Lipinski definition) is 2. The fourth-order valence-electron chi connectivity index (χ4n) is 7.81. The molecule has 3 aliphatic heterocycles. The number of halogens is 3. The lowest BCUT2D eigenvalue weighted by molar-refractivity contribution is -0.137. The summed E-state index contributed by atoms with van der Waals surface area (Å²) in [5, 5.41) is 5.45. The quantitative estimate of drug-likeness (QED) is 0.128. The number of likely N-dealkylation sites (tertiary alicyclic amines) is 1. The Morgan fingerprint density at radius 3 is 2.42 bits per heavy atom. The van der Waals surface area contributed by atoms with Crippen molar-refractivity contribution in [2.75, 3.05) is 65.8 Å². The van der Waals surface area contributed by atoms with Crippen molar-refractivity contribution >= 4 is 30.0 Å². The van der Waals surface area contributed by atoms with Crippen molar-refractivity contribution < 1.29 is 56.1 Å². The number of nitrogens with zero attached hydrogens (tertiary/aromatic N) is 5. The van der Waals surface area contributed by atoms with E-state index < -0.39 is 71.4 Å². The Balaban J connectivity index is 1.24. The molecule has 1 aromatic heterocycles. The highest BCUT2D eigenvalue weighted by Crippen LogP contribution is 2.39. The zero-order valence-electron chi connectivity index (χ0n) is 36.5. The van der Waals surface area contributed by atoms with Crippen LogP contribution in [0.4, 0.5) is 27.6 Å². The van der Waals surface area contributed by atoms with Crippen LogP contribution in [0.2, 0.25) is 0 Å². The highest BCUT2D eigenvalue weighted by molar-refractivity contribution is 6.12. The molecule has 64 heavy (non-hydrogen) atoms. The van der Waals surface area contributed by atoms with Crippen molar-refractivity contribution in [2.45, 2.75) is 70.9 Å². The summed E-state index contributed by atoms with van der Waals surface area (Å²) in [5.74, 6) is -3.00. The van der Waals surface area contributed by atoms with Gasteiger partial charge in [0.05, 0.1) is 44.1 Å². The van der Waals surface area contributed by atoms with Gasteiger partial charge in [-0.3, -0.25) is 14.5 Å². The molecule has 4 atom stereocenters. The van der Waals surface area contributed by atoms with E-state index in [9.17, 15) is 28.4 Å². The molecule has 0 aliphatic carbocycles. The van der Waals surface area contributed by atoms with Gasteiger partial charge in [0.15, 0.2) is 0 Å². The molecule has 2 saturated heterocycles. The highest BCUT2D eigenvalue weighted by Gasteiger charge is 2.43. The highest BCUT2D eigenvalue weighted by atomic mass is 19.1. The third-order valence-electron chi connectivity index (χ3n) is 10.9. The zero-order valence-corrected chi connectivity index (χ0v) is 36.5. The van der Waals surface area contributed by atoms with Crippen molar-refractivity contribution in [3.63, 3.8) is 0 Å². The third-order valence-corrected chi connectivity index (χ3v) is 10.9. The number of carbonyl (C=O) groups excluding carboxylic acids is 5. The van der Waals surface area contributed by atoms with E-state index in [1.807, 2.05) is 30.3 Å². The number of rotatable bonds is 17. The van der Waals surface area contributed by atoms with Crippen LogP contribution in [-0.2, 0) is 35.1 Å². The second kappa shape index (κ2) is 21.6. The van der Waals surface area contributed by atoms with Crippen molar-refractivity contribution in [1.29, 1.82) is 0 Å². The molecule has 6 rings (SSSR count). The second-order valence-electron chi connectivity index (χ2n) is 17.1. The Morgan fingerprint density at radius 1 is 1.00 bits per heavy atom. The van der Waals surface area contributed by atoms with Gasteiger partial charge in [-0.15, -0.1) is 0 Å². The molecule has 0 saturated carbocycles. The first kappa shape index (κ1) is 47.5. The summed E-state index contributed by atoms with van der Waals surface area (Å²) in [6.07, 6.45) is 1.94. The van der Waals surface area contributed by atoms with Gasteiger partial charge in [-0.05, 0) is 70.2 Å². The number of hydrogen-bond acceptors (Lipinski definition) is 10. The van der Waals surface area contributed by atoms with Gasteiger partial charge in [-0.1, -0.05) is 30.3 Å². The van der Waals surface area contributed by atoms with Crippen molar-refractivity contribution in [3.05, 3.63) is 89.9 Å². The molecule has 4 heterocycles. The Hall–Kier alpha value is -5.95. The summed E-state index contributed by atoms with van der Waals surface area (Å²) in [7, 11) is 0. The lowest BCUT2D eigenvalue weighted by Gasteiger charge is -2.40. The lowest BCUT2D eigenvalue weighted by atomic mass is 9.89. The molecule has 2 fully saturated rings. The normalized spacial score (nSPS) is 18.9. The summed E-state index contributed by atoms with van der Waals surface area (Å²) >= 11 is 0. The lowest BCUT2D eigenvalue weighted by Crippen LogP contribution is -2.52. The van der Waals surface area contributed by atoms with E-state index in [4.69, 9.17) is 23.9 Å². The van der Waals surface area contributed by atoms with Gasteiger partial charge in [0.1, 0.15) is 35.8 Å². The van der Waals surface area contributed by atoms with Gasteiger partial charge in [0, 0.05) is 69.2 Å². The summed E-state index contributed by atoms with van der Waals surface area (Å²) < 4.78 is 70.1. The Kier molecular flexibility index (Phi) is 16.1. The fraction of sp³-hybridized carbons (Fsp3) is 0.511. The van der Waals surface area contributed by atoms with E-state index in [0.717, 1.165) is 28.7 Å². The molecule has 3 aromatic rings. The summed E-state index contributed by atoms with van der Waals surface area (Å²) in [5.41, 5.74) is 0.0957. The maximum absolute atomic E-state index is 16.2. The van der Waals surface area contributed by atoms with Crippen LogP contribution in [0.5, 0.6) is 0 Å². The molecule has 2 N–H and O–H groups in total. The molecule has 3 aliphatic rings. The number of alkyl carbamates (subject to hydrolysis) is 1. The minimum absolute atomic E-state index is 0.0488. The number of carbonyl (C=O) groups is 5. The molecule has 2 aromatic carbocycles. The molecule has 346 valence electrons. The van der Waals surface area contributed by atoms with Crippen molar-refractivity contribution in [3.8, 4) is 11.3 Å². The van der Waals surface area contributed by atoms with E-state index in [1.165, 1.54) is 22.0 Å². The summed E-state index contributed by atoms with van der Waals surface area (Å²) in [6, 6.07) is 10.2. The number of ether oxygens (including phenoxy) is 4. The van der Waals surface area contributed by atoms with Crippen molar-refractivity contribution in [1.82, 2.24) is 34.9 Å². The molecule has 6 amide bonds. The SMILES string of the molecule is C[C@@H](COC(=O)NCCOCCN1C(=O)C=CC1=O)NC(=O)N(CC1CN(C(=O)OC(C)(C)C)CC1F)C(c1nc(-c2cc(F)ccc2F)cn1Cc1ccccc1)C1CCOCC1. The largest absolute Gasteiger partial charge is 0.447 e. The third kappa shape index (κ3) is 12.8. The Bertz CT molecular complexity index is 2130. The molecule has 0 bridgehead atoms. The number of amides is 6. The molecule has 0 spiro atoms. The van der Waals surface area contributed by atoms with E-state index in [2.05, 4.69) is 10.6 Å². The molecular formula is C45H56F3N7O9. The van der Waals surface area contributed by atoms with Gasteiger partial charge in [0.25, 0.3) is 11.8 Å². The molecular weight excluding hydrogens is 840 g/mol. The zero-order chi connectivity index (χ0) is 46.0.